The quantitative estimate of drug-likeness (QED) is 0.403. The van der Waals surface area contributed by atoms with Crippen LogP contribution < -0.4 is 5.32 Å². The van der Waals surface area contributed by atoms with E-state index in [-0.39, 0.29) is 17.5 Å². The van der Waals surface area contributed by atoms with Gasteiger partial charge in [0, 0.05) is 23.2 Å². The monoisotopic (exact) mass is 311 g/mol. The van der Waals surface area contributed by atoms with Crippen LogP contribution in [0, 0.1) is 0 Å². The van der Waals surface area contributed by atoms with Crippen LogP contribution in [0.1, 0.15) is 47.5 Å². The van der Waals surface area contributed by atoms with Gasteiger partial charge in [-0.25, -0.2) is 9.59 Å². The number of ether oxygens (including phenoxy) is 2. The largest absolute Gasteiger partial charge is 0.462 e. The van der Waals surface area contributed by atoms with Crippen molar-refractivity contribution in [2.75, 3.05) is 19.8 Å². The van der Waals surface area contributed by atoms with E-state index in [1.165, 1.54) is 0 Å². The molecule has 0 aliphatic rings. The molecule has 0 radical (unpaired) electrons. The molecule has 0 saturated carbocycles. The second kappa shape index (κ2) is 10.2. The van der Waals surface area contributed by atoms with E-state index in [9.17, 15) is 9.59 Å². The molecule has 0 heterocycles. The lowest BCUT2D eigenvalue weighted by Gasteiger charge is -2.20. The summed E-state index contributed by atoms with van der Waals surface area (Å²) in [6, 6.07) is 0. The highest BCUT2D eigenvalue weighted by Crippen LogP contribution is 2.03. The fraction of sp³-hybridized carbons (Fsp3) is 0.647. The molecule has 0 aliphatic heterocycles. The zero-order valence-electron chi connectivity index (χ0n) is 14.5. The molecule has 0 aromatic rings. The van der Waals surface area contributed by atoms with Crippen LogP contribution in [-0.4, -0.2) is 37.2 Å². The summed E-state index contributed by atoms with van der Waals surface area (Å²) in [6.45, 7) is 14.3. The van der Waals surface area contributed by atoms with Crippen LogP contribution in [-0.2, 0) is 19.1 Å². The van der Waals surface area contributed by atoms with Crippen molar-refractivity contribution >= 4 is 11.9 Å². The van der Waals surface area contributed by atoms with Crippen LogP contribution in [0.2, 0.25) is 0 Å². The summed E-state index contributed by atoms with van der Waals surface area (Å²) >= 11 is 0. The minimum atomic E-state index is -0.383. The molecule has 0 atom stereocenters. The summed E-state index contributed by atoms with van der Waals surface area (Å²) in [5, 5.41) is 3.24. The number of unbranched alkanes of at least 4 members (excludes halogenated alkanes) is 1. The van der Waals surface area contributed by atoms with Gasteiger partial charge in [-0.1, -0.05) is 12.7 Å². The van der Waals surface area contributed by atoms with Gasteiger partial charge in [-0.15, -0.1) is 0 Å². The average molecular weight is 311 g/mol. The van der Waals surface area contributed by atoms with E-state index in [4.69, 9.17) is 9.47 Å². The molecule has 22 heavy (non-hydrogen) atoms. The molecule has 0 spiro atoms. The molecule has 0 unspecified atom stereocenters. The first-order chi connectivity index (χ1) is 10.1. The molecule has 1 N–H and O–H groups in total. The summed E-state index contributed by atoms with van der Waals surface area (Å²) in [6.07, 6.45) is 3.12. The Labute approximate surface area is 133 Å². The minimum absolute atomic E-state index is 0.0124. The molecule has 0 rings (SSSR count). The van der Waals surface area contributed by atoms with Crippen LogP contribution in [0.4, 0.5) is 0 Å². The zero-order valence-corrected chi connectivity index (χ0v) is 14.5. The van der Waals surface area contributed by atoms with Crippen molar-refractivity contribution in [3.63, 3.8) is 0 Å². The van der Waals surface area contributed by atoms with Gasteiger partial charge in [0.1, 0.15) is 6.61 Å². The molecule has 0 saturated heterocycles. The molecule has 5 heteroatoms. The number of nitrogens with one attached hydrogen (secondary N) is 1. The number of hydrogen-bond acceptors (Lipinski definition) is 5. The van der Waals surface area contributed by atoms with Gasteiger partial charge in [-0.05, 0) is 47.5 Å². The maximum absolute atomic E-state index is 11.7. The zero-order chi connectivity index (χ0) is 17.2. The Morgan fingerprint density at radius 2 is 1.68 bits per heavy atom. The third-order valence-electron chi connectivity index (χ3n) is 2.69. The maximum Gasteiger partial charge on any atom is 0.333 e. The van der Waals surface area contributed by atoms with Crippen molar-refractivity contribution < 1.29 is 19.1 Å². The maximum atomic E-state index is 11.7. The van der Waals surface area contributed by atoms with Crippen molar-refractivity contribution in [1.82, 2.24) is 5.32 Å². The molecule has 0 amide bonds. The average Bonchev–Trinajstić information content (AvgIpc) is 2.41. The van der Waals surface area contributed by atoms with Gasteiger partial charge in [0.15, 0.2) is 0 Å². The fourth-order valence-corrected chi connectivity index (χ4v) is 1.46. The fourth-order valence-electron chi connectivity index (χ4n) is 1.46. The number of allylic oxidation sites excluding steroid dienone is 1. The van der Waals surface area contributed by atoms with Crippen molar-refractivity contribution in [1.29, 1.82) is 0 Å². The van der Waals surface area contributed by atoms with E-state index < -0.39 is 0 Å². The lowest BCUT2D eigenvalue weighted by atomic mass is 10.1. The van der Waals surface area contributed by atoms with Crippen LogP contribution in [0.3, 0.4) is 0 Å². The first-order valence-electron chi connectivity index (χ1n) is 7.55. The molecule has 0 aliphatic carbocycles. The summed E-state index contributed by atoms with van der Waals surface area (Å²) in [5.41, 5.74) is 0.972. The first kappa shape index (κ1) is 20.4. The number of carbonyl (C=O) groups is 2. The summed E-state index contributed by atoms with van der Waals surface area (Å²) in [7, 11) is 0. The van der Waals surface area contributed by atoms with E-state index in [1.807, 2.05) is 0 Å². The molecular formula is C17H29NO4. The third kappa shape index (κ3) is 11.1. The normalized spacial score (nSPS) is 12.0. The minimum Gasteiger partial charge on any atom is -0.462 e. The van der Waals surface area contributed by atoms with Crippen molar-refractivity contribution in [3.8, 4) is 0 Å². The van der Waals surface area contributed by atoms with Gasteiger partial charge >= 0.3 is 11.9 Å². The van der Waals surface area contributed by atoms with Crippen molar-refractivity contribution in [2.24, 2.45) is 0 Å². The molecule has 126 valence electrons. The topological polar surface area (TPSA) is 64.6 Å². The highest BCUT2D eigenvalue weighted by Gasteiger charge is 2.09. The predicted octanol–water partition coefficient (Wildman–Crippen LogP) is 2.76. The Balaban J connectivity index is 3.84. The second-order valence-electron chi connectivity index (χ2n) is 6.26. The highest BCUT2D eigenvalue weighted by molar-refractivity contribution is 5.87. The Bertz CT molecular complexity index is 419. The number of rotatable bonds is 9. The SMILES string of the molecule is C=C(C)C(=O)OCCCC=C(C)C(=O)OCCNC(C)(C)C. The second-order valence-corrected chi connectivity index (χ2v) is 6.26. The van der Waals surface area contributed by atoms with Crippen LogP contribution >= 0.6 is 0 Å². The first-order valence-corrected chi connectivity index (χ1v) is 7.55. The van der Waals surface area contributed by atoms with Crippen molar-refractivity contribution in [3.05, 3.63) is 23.8 Å². The number of hydrogen-bond donors (Lipinski definition) is 1. The summed E-state index contributed by atoms with van der Waals surface area (Å²) in [5.74, 6) is -0.693. The van der Waals surface area contributed by atoms with Crippen LogP contribution in [0.25, 0.3) is 0 Å². The van der Waals surface area contributed by atoms with Gasteiger partial charge in [0.2, 0.25) is 0 Å². The number of carbonyl (C=O) groups excluding carboxylic acids is 2. The third-order valence-corrected chi connectivity index (χ3v) is 2.69. The highest BCUT2D eigenvalue weighted by atomic mass is 16.5. The Morgan fingerprint density at radius 3 is 2.23 bits per heavy atom. The summed E-state index contributed by atoms with van der Waals surface area (Å²) < 4.78 is 10.1. The lowest BCUT2D eigenvalue weighted by Crippen LogP contribution is -2.38. The smallest absolute Gasteiger partial charge is 0.333 e. The van der Waals surface area contributed by atoms with Gasteiger partial charge in [0.05, 0.1) is 6.61 Å². The van der Waals surface area contributed by atoms with Crippen molar-refractivity contribution in [2.45, 2.75) is 53.0 Å². The molecular weight excluding hydrogens is 282 g/mol. The van der Waals surface area contributed by atoms with E-state index in [1.54, 1.807) is 19.9 Å². The standard InChI is InChI=1S/C17H29NO4/c1-13(2)15(19)21-11-8-7-9-14(3)16(20)22-12-10-18-17(4,5)6/h9,18H,1,7-8,10-12H2,2-6H3. The van der Waals surface area contributed by atoms with E-state index in [2.05, 4.69) is 32.7 Å². The molecule has 0 aromatic heterocycles. The Kier molecular flexibility index (Phi) is 9.42. The lowest BCUT2D eigenvalue weighted by molar-refractivity contribution is -0.140. The van der Waals surface area contributed by atoms with E-state index in [0.29, 0.717) is 43.7 Å². The number of esters is 2. The Hall–Kier alpha value is -1.62. The van der Waals surface area contributed by atoms with Crippen LogP contribution in [0.5, 0.6) is 0 Å². The van der Waals surface area contributed by atoms with Crippen LogP contribution in [0.15, 0.2) is 23.8 Å². The molecule has 0 fully saturated rings. The molecule has 0 aromatic carbocycles. The molecule has 5 nitrogen and oxygen atoms in total. The predicted molar refractivity (Wildman–Crippen MR) is 87.5 cm³/mol. The van der Waals surface area contributed by atoms with Gasteiger partial charge < -0.3 is 14.8 Å². The van der Waals surface area contributed by atoms with E-state index >= 15 is 0 Å². The Morgan fingerprint density at radius 1 is 1.09 bits per heavy atom. The molecule has 0 bridgehead atoms. The summed E-state index contributed by atoms with van der Waals surface area (Å²) in [4.78, 5) is 22.9. The van der Waals surface area contributed by atoms with Gasteiger partial charge in [-0.2, -0.15) is 0 Å². The van der Waals surface area contributed by atoms with Gasteiger partial charge in [-0.3, -0.25) is 0 Å². The van der Waals surface area contributed by atoms with Gasteiger partial charge in [0.25, 0.3) is 0 Å². The van der Waals surface area contributed by atoms with E-state index in [0.717, 1.165) is 0 Å².